The maximum absolute atomic E-state index is 12.8. The van der Waals surface area contributed by atoms with E-state index in [0.717, 1.165) is 32.1 Å². The van der Waals surface area contributed by atoms with Gasteiger partial charge in [-0.05, 0) is 43.9 Å². The number of amides is 3. The summed E-state index contributed by atoms with van der Waals surface area (Å²) >= 11 is 0. The molecule has 2 fully saturated rings. The summed E-state index contributed by atoms with van der Waals surface area (Å²) < 4.78 is 0. The van der Waals surface area contributed by atoms with Crippen LogP contribution in [0.4, 0.5) is 0 Å². The minimum atomic E-state index is -1.19. The molecule has 7 heteroatoms. The van der Waals surface area contributed by atoms with Gasteiger partial charge in [0.1, 0.15) is 5.54 Å². The van der Waals surface area contributed by atoms with Crippen molar-refractivity contribution >= 4 is 23.7 Å². The summed E-state index contributed by atoms with van der Waals surface area (Å²) in [6, 6.07) is 4.30. The van der Waals surface area contributed by atoms with Gasteiger partial charge in [0, 0.05) is 11.6 Å². The van der Waals surface area contributed by atoms with Crippen molar-refractivity contribution in [2.75, 3.05) is 0 Å². The quantitative estimate of drug-likeness (QED) is 0.803. The maximum atomic E-state index is 12.8. The Kier molecular flexibility index (Phi) is 3.82. The van der Waals surface area contributed by atoms with Crippen LogP contribution in [0.5, 0.6) is 0 Å². The molecule has 136 valence electrons. The van der Waals surface area contributed by atoms with E-state index >= 15 is 0 Å². The molecule has 26 heavy (non-hydrogen) atoms. The Morgan fingerprint density at radius 2 is 1.69 bits per heavy atom. The predicted octanol–water partition coefficient (Wildman–Crippen LogP) is 1.96. The highest BCUT2D eigenvalue weighted by molar-refractivity contribution is 6.22. The Labute approximate surface area is 150 Å². The Morgan fingerprint density at radius 1 is 1.04 bits per heavy atom. The number of carboxylic acids is 1. The first-order valence-corrected chi connectivity index (χ1v) is 9.01. The molecule has 2 N–H and O–H groups in total. The first-order valence-electron chi connectivity index (χ1n) is 9.01. The molecule has 2 saturated carbocycles. The molecule has 0 aromatic heterocycles. The highest BCUT2D eigenvalue weighted by Crippen LogP contribution is 2.36. The van der Waals surface area contributed by atoms with Crippen molar-refractivity contribution in [3.05, 3.63) is 34.9 Å². The van der Waals surface area contributed by atoms with Crippen molar-refractivity contribution in [2.24, 2.45) is 0 Å². The van der Waals surface area contributed by atoms with E-state index in [-0.39, 0.29) is 29.0 Å². The molecule has 2 aliphatic carbocycles. The molecule has 1 aromatic rings. The molecular formula is C19H20N2O5. The van der Waals surface area contributed by atoms with Crippen LogP contribution in [0.3, 0.4) is 0 Å². The smallest absolute Gasteiger partial charge is 0.329 e. The third-order valence-corrected chi connectivity index (χ3v) is 5.63. The zero-order valence-corrected chi connectivity index (χ0v) is 14.3. The fourth-order valence-corrected chi connectivity index (χ4v) is 3.88. The van der Waals surface area contributed by atoms with Crippen LogP contribution in [0, 0.1) is 0 Å². The van der Waals surface area contributed by atoms with Crippen LogP contribution in [0.1, 0.15) is 76.0 Å². The summed E-state index contributed by atoms with van der Waals surface area (Å²) in [6.07, 6.45) is 5.55. The number of hydrogen-bond donors (Lipinski definition) is 2. The van der Waals surface area contributed by atoms with Crippen LogP contribution in [0.15, 0.2) is 18.2 Å². The topological polar surface area (TPSA) is 104 Å². The van der Waals surface area contributed by atoms with Crippen LogP contribution in [-0.2, 0) is 4.79 Å². The van der Waals surface area contributed by atoms with Gasteiger partial charge in [0.15, 0.2) is 0 Å². The molecule has 0 unspecified atom stereocenters. The molecule has 0 bridgehead atoms. The molecule has 4 rings (SSSR count). The molecular weight excluding hydrogens is 336 g/mol. The second kappa shape index (κ2) is 5.93. The maximum Gasteiger partial charge on any atom is 0.329 e. The van der Waals surface area contributed by atoms with Crippen LogP contribution in [0.25, 0.3) is 0 Å². The van der Waals surface area contributed by atoms with Gasteiger partial charge in [-0.15, -0.1) is 0 Å². The highest BCUT2D eigenvalue weighted by Gasteiger charge is 2.52. The van der Waals surface area contributed by atoms with Crippen LogP contribution in [0.2, 0.25) is 0 Å². The van der Waals surface area contributed by atoms with Crippen molar-refractivity contribution in [3.8, 4) is 0 Å². The molecule has 0 saturated heterocycles. The number of rotatable bonds is 4. The molecule has 1 heterocycles. The monoisotopic (exact) mass is 356 g/mol. The number of nitrogens with one attached hydrogen (secondary N) is 1. The fourth-order valence-electron chi connectivity index (χ4n) is 3.88. The summed E-state index contributed by atoms with van der Waals surface area (Å²) in [4.78, 5) is 50.4. The van der Waals surface area contributed by atoms with Crippen LogP contribution < -0.4 is 5.32 Å². The van der Waals surface area contributed by atoms with E-state index in [2.05, 4.69) is 5.32 Å². The summed E-state index contributed by atoms with van der Waals surface area (Å²) in [7, 11) is 0. The Balaban J connectivity index is 1.58. The number of carbonyl (C=O) groups is 4. The second-order valence-electron chi connectivity index (χ2n) is 7.37. The summed E-state index contributed by atoms with van der Waals surface area (Å²) in [5.74, 6) is -2.25. The van der Waals surface area contributed by atoms with Gasteiger partial charge in [-0.3, -0.25) is 19.3 Å². The zero-order chi connectivity index (χ0) is 18.5. The second-order valence-corrected chi connectivity index (χ2v) is 7.37. The van der Waals surface area contributed by atoms with Gasteiger partial charge in [-0.2, -0.15) is 0 Å². The highest BCUT2D eigenvalue weighted by atomic mass is 16.4. The molecule has 1 aromatic carbocycles. The summed E-state index contributed by atoms with van der Waals surface area (Å²) in [5.41, 5.74) is -0.447. The SMILES string of the molecule is O=C(NC1(C(=O)O)CC1)c1ccc2c(c1)C(=O)N(C1CCCCC1)C2=O. The number of benzene rings is 1. The standard InChI is InChI=1S/C19H20N2O5/c22-15(20-19(8-9-19)18(25)26)11-6-7-13-14(10-11)17(24)21(16(13)23)12-4-2-1-3-5-12/h6-7,10,12H,1-5,8-9H2,(H,20,22)(H,25,26). The van der Waals surface area contributed by atoms with Crippen LogP contribution >= 0.6 is 0 Å². The van der Waals surface area contributed by atoms with Gasteiger partial charge in [0.05, 0.1) is 11.1 Å². The molecule has 3 aliphatic rings. The Morgan fingerprint density at radius 3 is 2.31 bits per heavy atom. The van der Waals surface area contributed by atoms with Gasteiger partial charge >= 0.3 is 5.97 Å². The first-order chi connectivity index (χ1) is 12.4. The van der Waals surface area contributed by atoms with E-state index in [1.54, 1.807) is 0 Å². The average Bonchev–Trinajstić information content (AvgIpc) is 3.38. The molecule has 0 spiro atoms. The number of fused-ring (bicyclic) bond motifs is 1. The number of imide groups is 1. The summed E-state index contributed by atoms with van der Waals surface area (Å²) in [6.45, 7) is 0. The number of carboxylic acid groups (broad SMARTS) is 1. The lowest BCUT2D eigenvalue weighted by molar-refractivity contribution is -0.140. The molecule has 0 radical (unpaired) electrons. The normalized spacial score (nSPS) is 21.5. The third kappa shape index (κ3) is 2.58. The first kappa shape index (κ1) is 16.8. The Hall–Kier alpha value is -2.70. The lowest BCUT2D eigenvalue weighted by Crippen LogP contribution is -2.43. The van der Waals surface area contributed by atoms with Crippen molar-refractivity contribution in [3.63, 3.8) is 0 Å². The molecule has 7 nitrogen and oxygen atoms in total. The minimum Gasteiger partial charge on any atom is -0.480 e. The fraction of sp³-hybridized carbons (Fsp3) is 0.474. The van der Waals surface area contributed by atoms with E-state index in [1.165, 1.54) is 23.1 Å². The summed E-state index contributed by atoms with van der Waals surface area (Å²) in [5, 5.41) is 11.7. The van der Waals surface area contributed by atoms with Gasteiger partial charge in [-0.25, -0.2) is 4.79 Å². The molecule has 1 aliphatic heterocycles. The van der Waals surface area contributed by atoms with E-state index in [4.69, 9.17) is 0 Å². The lowest BCUT2D eigenvalue weighted by atomic mass is 9.94. The van der Waals surface area contributed by atoms with Crippen molar-refractivity contribution in [2.45, 2.75) is 56.5 Å². The van der Waals surface area contributed by atoms with Gasteiger partial charge in [0.25, 0.3) is 17.7 Å². The van der Waals surface area contributed by atoms with Gasteiger partial charge in [-0.1, -0.05) is 19.3 Å². The number of carbonyl (C=O) groups excluding carboxylic acids is 3. The lowest BCUT2D eigenvalue weighted by Gasteiger charge is -2.29. The van der Waals surface area contributed by atoms with E-state index < -0.39 is 17.4 Å². The molecule has 0 atom stereocenters. The third-order valence-electron chi connectivity index (χ3n) is 5.63. The van der Waals surface area contributed by atoms with E-state index in [0.29, 0.717) is 18.4 Å². The van der Waals surface area contributed by atoms with Gasteiger partial charge in [0.2, 0.25) is 0 Å². The van der Waals surface area contributed by atoms with Crippen molar-refractivity contribution in [1.82, 2.24) is 10.2 Å². The number of nitrogens with zero attached hydrogens (tertiary/aromatic N) is 1. The number of hydrogen-bond acceptors (Lipinski definition) is 4. The zero-order valence-electron chi connectivity index (χ0n) is 14.3. The molecule has 3 amide bonds. The van der Waals surface area contributed by atoms with E-state index in [9.17, 15) is 24.3 Å². The van der Waals surface area contributed by atoms with Crippen LogP contribution in [-0.4, -0.2) is 45.3 Å². The van der Waals surface area contributed by atoms with Gasteiger partial charge < -0.3 is 10.4 Å². The van der Waals surface area contributed by atoms with Crippen molar-refractivity contribution in [1.29, 1.82) is 0 Å². The van der Waals surface area contributed by atoms with Crippen molar-refractivity contribution < 1.29 is 24.3 Å². The minimum absolute atomic E-state index is 0.0739. The Bertz CT molecular complexity index is 821. The average molecular weight is 356 g/mol. The predicted molar refractivity (Wildman–Crippen MR) is 90.9 cm³/mol. The number of aliphatic carboxylic acids is 1. The van der Waals surface area contributed by atoms with E-state index in [1.807, 2.05) is 0 Å². The largest absolute Gasteiger partial charge is 0.480 e.